The van der Waals surface area contributed by atoms with Gasteiger partial charge in [-0.05, 0) is 24.3 Å². The van der Waals surface area contributed by atoms with E-state index in [2.05, 4.69) is 15.5 Å². The number of hydrogen-bond donors (Lipinski definition) is 2. The number of nitrogens with one attached hydrogen (secondary N) is 1. The van der Waals surface area contributed by atoms with Gasteiger partial charge in [0.15, 0.2) is 5.82 Å². The lowest BCUT2D eigenvalue weighted by molar-refractivity contribution is -0.137. The number of anilines is 2. The van der Waals surface area contributed by atoms with E-state index >= 15 is 0 Å². The van der Waals surface area contributed by atoms with E-state index in [0.29, 0.717) is 5.56 Å². The van der Waals surface area contributed by atoms with Crippen LogP contribution in [0.5, 0.6) is 0 Å². The fourth-order valence-electron chi connectivity index (χ4n) is 1.59. The van der Waals surface area contributed by atoms with E-state index in [1.54, 1.807) is 0 Å². The summed E-state index contributed by atoms with van der Waals surface area (Å²) in [4.78, 5) is 0.0467. The van der Waals surface area contributed by atoms with E-state index < -0.39 is 11.7 Å². The molecule has 9 heteroatoms. The van der Waals surface area contributed by atoms with Crippen molar-refractivity contribution in [1.82, 2.24) is 10.2 Å². The van der Waals surface area contributed by atoms with E-state index in [1.165, 1.54) is 18.3 Å². The van der Waals surface area contributed by atoms with Crippen molar-refractivity contribution in [2.24, 2.45) is 5.73 Å². The summed E-state index contributed by atoms with van der Waals surface area (Å²) in [6.07, 6.45) is -3.13. The molecule has 0 saturated heterocycles. The highest BCUT2D eigenvalue weighted by Gasteiger charge is 2.31. The highest BCUT2D eigenvalue weighted by Crippen LogP contribution is 2.34. The molecule has 0 amide bonds. The second-order valence-corrected chi connectivity index (χ2v) is 4.89. The first kappa shape index (κ1) is 15.5. The van der Waals surface area contributed by atoms with Crippen molar-refractivity contribution in [3.8, 4) is 0 Å². The van der Waals surface area contributed by atoms with Gasteiger partial charge in [-0.2, -0.15) is 18.3 Å². The van der Waals surface area contributed by atoms with Gasteiger partial charge in [0.2, 0.25) is 0 Å². The monoisotopic (exact) mass is 332 g/mol. The molecule has 0 aliphatic carbocycles. The molecule has 0 bridgehead atoms. The Bertz CT molecular complexity index is 690. The molecule has 0 unspecified atom stereocenters. The molecule has 0 spiro atoms. The molecule has 0 fully saturated rings. The average molecular weight is 333 g/mol. The maximum Gasteiger partial charge on any atom is 0.416 e. The SMILES string of the molecule is NC(=S)c1ccnnc1Nc1cc(Cl)cc(C(F)(F)F)c1. The number of nitrogens with zero attached hydrogens (tertiary/aromatic N) is 2. The van der Waals surface area contributed by atoms with Gasteiger partial charge in [0.25, 0.3) is 0 Å². The van der Waals surface area contributed by atoms with Crippen LogP contribution in [0.2, 0.25) is 5.02 Å². The third-order valence-electron chi connectivity index (χ3n) is 2.47. The molecule has 0 aliphatic heterocycles. The lowest BCUT2D eigenvalue weighted by Gasteiger charge is -2.12. The maximum atomic E-state index is 12.7. The van der Waals surface area contributed by atoms with Gasteiger partial charge in [-0.3, -0.25) is 0 Å². The first-order valence-corrected chi connectivity index (χ1v) is 6.32. The molecule has 0 saturated carbocycles. The maximum absolute atomic E-state index is 12.7. The topological polar surface area (TPSA) is 63.8 Å². The molecule has 0 radical (unpaired) electrons. The molecular formula is C12H8ClF3N4S. The predicted molar refractivity (Wildman–Crippen MR) is 77.7 cm³/mol. The molecule has 2 aromatic rings. The molecule has 1 aromatic carbocycles. The van der Waals surface area contributed by atoms with Crippen LogP contribution in [0.3, 0.4) is 0 Å². The van der Waals surface area contributed by atoms with Crippen molar-refractivity contribution in [3.63, 3.8) is 0 Å². The van der Waals surface area contributed by atoms with Crippen LogP contribution in [0, 0.1) is 0 Å². The first-order valence-electron chi connectivity index (χ1n) is 5.53. The summed E-state index contributed by atoms with van der Waals surface area (Å²) < 4.78 is 38.2. The molecule has 2 rings (SSSR count). The number of nitrogens with two attached hydrogens (primary N) is 1. The molecule has 4 nitrogen and oxygen atoms in total. The zero-order chi connectivity index (χ0) is 15.6. The summed E-state index contributed by atoms with van der Waals surface area (Å²) in [6, 6.07) is 4.57. The van der Waals surface area contributed by atoms with Crippen molar-refractivity contribution in [1.29, 1.82) is 0 Å². The van der Waals surface area contributed by atoms with Crippen molar-refractivity contribution in [2.45, 2.75) is 6.18 Å². The lowest BCUT2D eigenvalue weighted by Crippen LogP contribution is -2.13. The van der Waals surface area contributed by atoms with Crippen molar-refractivity contribution in [2.75, 3.05) is 5.32 Å². The number of aromatic nitrogens is 2. The van der Waals surface area contributed by atoms with Crippen molar-refractivity contribution in [3.05, 3.63) is 46.6 Å². The quantitative estimate of drug-likeness (QED) is 0.842. The molecular weight excluding hydrogens is 325 g/mol. The summed E-state index contributed by atoms with van der Waals surface area (Å²) >= 11 is 10.5. The molecule has 0 atom stereocenters. The normalized spacial score (nSPS) is 11.2. The van der Waals surface area contributed by atoms with Crippen LogP contribution in [0.1, 0.15) is 11.1 Å². The Hall–Kier alpha value is -1.93. The van der Waals surface area contributed by atoms with Crippen LogP contribution >= 0.6 is 23.8 Å². The zero-order valence-electron chi connectivity index (χ0n) is 10.3. The number of halogens is 4. The zero-order valence-corrected chi connectivity index (χ0v) is 11.9. The minimum absolute atomic E-state index is 0.0467. The molecule has 1 heterocycles. The first-order chi connectivity index (χ1) is 9.77. The minimum Gasteiger partial charge on any atom is -0.389 e. The molecule has 0 aliphatic rings. The third-order valence-corrected chi connectivity index (χ3v) is 2.91. The number of hydrogen-bond acceptors (Lipinski definition) is 4. The van der Waals surface area contributed by atoms with Crippen LogP contribution < -0.4 is 11.1 Å². The molecule has 1 aromatic heterocycles. The Labute approximate surface area is 128 Å². The standard InChI is InChI=1S/C12H8ClF3N4S/c13-7-3-6(12(14,15)16)4-8(5-7)19-11-9(10(17)21)1-2-18-20-11/h1-5H,(H2,17,21)(H,19,20). The van der Waals surface area contributed by atoms with Crippen LogP contribution in [0.4, 0.5) is 24.7 Å². The Kier molecular flexibility index (Phi) is 4.29. The van der Waals surface area contributed by atoms with Gasteiger partial charge < -0.3 is 11.1 Å². The van der Waals surface area contributed by atoms with Gasteiger partial charge >= 0.3 is 6.18 Å². The van der Waals surface area contributed by atoms with Crippen molar-refractivity contribution < 1.29 is 13.2 Å². The highest BCUT2D eigenvalue weighted by atomic mass is 35.5. The second kappa shape index (κ2) is 5.82. The summed E-state index contributed by atoms with van der Waals surface area (Å²) in [6.45, 7) is 0. The number of rotatable bonds is 3. The Morgan fingerprint density at radius 2 is 2.00 bits per heavy atom. The van der Waals surface area contributed by atoms with Crippen LogP contribution in [-0.2, 0) is 6.18 Å². The third kappa shape index (κ3) is 3.79. The van der Waals surface area contributed by atoms with Gasteiger partial charge in [0, 0.05) is 10.7 Å². The number of alkyl halides is 3. The van der Waals surface area contributed by atoms with Crippen LogP contribution in [-0.4, -0.2) is 15.2 Å². The number of benzene rings is 1. The highest BCUT2D eigenvalue weighted by molar-refractivity contribution is 7.80. The smallest absolute Gasteiger partial charge is 0.389 e. The second-order valence-electron chi connectivity index (χ2n) is 4.01. The number of thiocarbonyl (C=S) groups is 1. The average Bonchev–Trinajstić information content (AvgIpc) is 2.37. The van der Waals surface area contributed by atoms with E-state index in [9.17, 15) is 13.2 Å². The van der Waals surface area contributed by atoms with Gasteiger partial charge in [-0.1, -0.05) is 23.8 Å². The van der Waals surface area contributed by atoms with Gasteiger partial charge in [0.1, 0.15) is 4.99 Å². The van der Waals surface area contributed by atoms with E-state index in [-0.39, 0.29) is 21.5 Å². The summed E-state index contributed by atoms with van der Waals surface area (Å²) in [7, 11) is 0. The summed E-state index contributed by atoms with van der Waals surface area (Å²) in [5.74, 6) is 0.153. The largest absolute Gasteiger partial charge is 0.416 e. The van der Waals surface area contributed by atoms with E-state index in [1.807, 2.05) is 0 Å². The van der Waals surface area contributed by atoms with Gasteiger partial charge in [-0.15, -0.1) is 5.10 Å². The molecule has 3 N–H and O–H groups in total. The fraction of sp³-hybridized carbons (Fsp3) is 0.0833. The van der Waals surface area contributed by atoms with Gasteiger partial charge in [0.05, 0.1) is 17.3 Å². The molecule has 21 heavy (non-hydrogen) atoms. The van der Waals surface area contributed by atoms with Crippen LogP contribution in [0.25, 0.3) is 0 Å². The summed E-state index contributed by atoms with van der Waals surface area (Å²) in [5.41, 5.74) is 5.11. The predicted octanol–water partition coefficient (Wildman–Crippen LogP) is 3.53. The lowest BCUT2D eigenvalue weighted by atomic mass is 10.2. The van der Waals surface area contributed by atoms with E-state index in [4.69, 9.17) is 29.6 Å². The molecule has 110 valence electrons. The van der Waals surface area contributed by atoms with Gasteiger partial charge in [-0.25, -0.2) is 0 Å². The van der Waals surface area contributed by atoms with Crippen LogP contribution in [0.15, 0.2) is 30.5 Å². The van der Waals surface area contributed by atoms with E-state index in [0.717, 1.165) is 12.1 Å². The van der Waals surface area contributed by atoms with Crippen molar-refractivity contribution >= 4 is 40.3 Å². The Morgan fingerprint density at radius 1 is 1.29 bits per heavy atom. The Morgan fingerprint density at radius 3 is 2.62 bits per heavy atom. The fourth-order valence-corrected chi connectivity index (χ4v) is 1.98. The summed E-state index contributed by atoms with van der Waals surface area (Å²) in [5, 5.41) is 10.0. The minimum atomic E-state index is -4.50. The Balaban J connectivity index is 2.41.